The maximum atomic E-state index is 11.4. The largest absolute Gasteiger partial charge is 0.396 e. The van der Waals surface area contributed by atoms with Gasteiger partial charge in [-0.25, -0.2) is 8.42 Å². The molecule has 27 heavy (non-hydrogen) atoms. The Morgan fingerprint density at radius 1 is 0.889 bits per heavy atom. The van der Waals surface area contributed by atoms with Crippen molar-refractivity contribution in [3.8, 4) is 0 Å². The van der Waals surface area contributed by atoms with Crippen molar-refractivity contribution in [3.05, 3.63) is 29.8 Å². The van der Waals surface area contributed by atoms with Crippen LogP contribution in [0.4, 0.5) is 5.69 Å². The average Bonchev–Trinajstić information content (AvgIpc) is 2.70. The van der Waals surface area contributed by atoms with Crippen molar-refractivity contribution in [2.45, 2.75) is 60.8 Å². The second-order valence-electron chi connectivity index (χ2n) is 6.21. The predicted molar refractivity (Wildman–Crippen MR) is 119 cm³/mol. The zero-order valence-corrected chi connectivity index (χ0v) is 19.3. The van der Waals surface area contributed by atoms with Gasteiger partial charge in [0.1, 0.15) is 0 Å². The number of sulfonamides is 1. The highest BCUT2D eigenvalue weighted by atomic mass is 32.2. The van der Waals surface area contributed by atoms with Crippen molar-refractivity contribution in [2.24, 2.45) is 0 Å². The van der Waals surface area contributed by atoms with Gasteiger partial charge in [0.25, 0.3) is 0 Å². The molecular weight excluding hydrogens is 360 g/mol. The summed E-state index contributed by atoms with van der Waals surface area (Å²) >= 11 is 0. The summed E-state index contributed by atoms with van der Waals surface area (Å²) in [5, 5.41) is 7.88. The Bertz CT molecular complexity index is 529. The van der Waals surface area contributed by atoms with E-state index in [-0.39, 0.29) is 0 Å². The maximum absolute atomic E-state index is 11.4. The zero-order chi connectivity index (χ0) is 21.3. The van der Waals surface area contributed by atoms with Gasteiger partial charge in [0.15, 0.2) is 0 Å². The third kappa shape index (κ3) is 13.7. The standard InChI is InChI=1S/C12H18N2O2S.C4H10.C3H8O.C2H6/c1-11-3-5-12(6-4-11)13-7-9-14(10-8-13)17(2,15)16;1-3-4-2;1-2-3-4;1-2/h3-6H,7-10H2,1-2H3;3-4H2,1-2H3;4H,2-3H2,1H3;1-2H3. The summed E-state index contributed by atoms with van der Waals surface area (Å²) in [6, 6.07) is 8.34. The number of rotatable bonds is 4. The number of benzene rings is 1. The molecule has 1 fully saturated rings. The molecule has 0 unspecified atom stereocenters. The van der Waals surface area contributed by atoms with Gasteiger partial charge in [0.2, 0.25) is 10.0 Å². The third-order valence-electron chi connectivity index (χ3n) is 3.83. The van der Waals surface area contributed by atoms with Crippen molar-refractivity contribution < 1.29 is 13.5 Å². The number of aliphatic hydroxyl groups excluding tert-OH is 1. The molecule has 0 radical (unpaired) electrons. The molecule has 1 saturated heterocycles. The van der Waals surface area contributed by atoms with Gasteiger partial charge in [-0.1, -0.05) is 65.2 Å². The highest BCUT2D eigenvalue weighted by Gasteiger charge is 2.23. The highest BCUT2D eigenvalue weighted by Crippen LogP contribution is 2.17. The molecule has 2 rings (SSSR count). The molecule has 0 saturated carbocycles. The Labute approximate surface area is 168 Å². The summed E-state index contributed by atoms with van der Waals surface area (Å²) in [6.45, 7) is 15.3. The smallest absolute Gasteiger partial charge is 0.211 e. The molecule has 0 amide bonds. The lowest BCUT2D eigenvalue weighted by Gasteiger charge is -2.34. The first-order valence-corrected chi connectivity index (χ1v) is 12.0. The van der Waals surface area contributed by atoms with E-state index >= 15 is 0 Å². The molecule has 0 atom stereocenters. The van der Waals surface area contributed by atoms with Crippen LogP contribution in [0.25, 0.3) is 0 Å². The van der Waals surface area contributed by atoms with E-state index in [0.29, 0.717) is 19.7 Å². The molecule has 6 heteroatoms. The molecule has 1 aliphatic heterocycles. The fourth-order valence-corrected chi connectivity index (χ4v) is 2.86. The van der Waals surface area contributed by atoms with Crippen molar-refractivity contribution in [1.82, 2.24) is 4.31 Å². The number of anilines is 1. The van der Waals surface area contributed by atoms with Crippen LogP contribution in [0.3, 0.4) is 0 Å². The minimum absolute atomic E-state index is 0.319. The van der Waals surface area contributed by atoms with Crippen LogP contribution in [0.5, 0.6) is 0 Å². The summed E-state index contributed by atoms with van der Waals surface area (Å²) in [6.07, 6.45) is 4.79. The van der Waals surface area contributed by atoms with Gasteiger partial charge in [-0.15, -0.1) is 0 Å². The number of piperazine rings is 1. The number of hydrogen-bond acceptors (Lipinski definition) is 4. The molecular formula is C21H42N2O3S. The van der Waals surface area contributed by atoms with Gasteiger partial charge in [-0.2, -0.15) is 4.31 Å². The van der Waals surface area contributed by atoms with Gasteiger partial charge in [0.05, 0.1) is 6.26 Å². The lowest BCUT2D eigenvalue weighted by Crippen LogP contribution is -2.48. The van der Waals surface area contributed by atoms with Crippen LogP contribution in [0.2, 0.25) is 0 Å². The Balaban J connectivity index is 0. The molecule has 1 N–H and O–H groups in total. The summed E-state index contributed by atoms with van der Waals surface area (Å²) in [4.78, 5) is 2.22. The summed E-state index contributed by atoms with van der Waals surface area (Å²) < 4.78 is 24.3. The molecule has 0 spiro atoms. The monoisotopic (exact) mass is 402 g/mol. The molecule has 160 valence electrons. The predicted octanol–water partition coefficient (Wildman–Crippen LogP) is 4.30. The fourth-order valence-electron chi connectivity index (χ4n) is 2.03. The molecule has 0 bridgehead atoms. The topological polar surface area (TPSA) is 60.9 Å². The molecule has 1 aromatic carbocycles. The number of aryl methyl sites for hydroxylation is 1. The number of nitrogens with zero attached hydrogens (tertiary/aromatic N) is 2. The Hall–Kier alpha value is -1.11. The first-order valence-electron chi connectivity index (χ1n) is 10.2. The van der Waals surface area contributed by atoms with Crippen molar-refractivity contribution >= 4 is 15.7 Å². The van der Waals surface area contributed by atoms with Gasteiger partial charge in [0, 0.05) is 38.5 Å². The van der Waals surface area contributed by atoms with Crippen LogP contribution >= 0.6 is 0 Å². The van der Waals surface area contributed by atoms with Crippen LogP contribution in [0.15, 0.2) is 24.3 Å². The molecule has 0 aromatic heterocycles. The van der Waals surface area contributed by atoms with E-state index in [0.717, 1.165) is 19.5 Å². The lowest BCUT2D eigenvalue weighted by atomic mass is 10.2. The molecule has 1 heterocycles. The Kier molecular flexibility index (Phi) is 17.7. The van der Waals surface area contributed by atoms with Crippen molar-refractivity contribution in [2.75, 3.05) is 43.9 Å². The van der Waals surface area contributed by atoms with E-state index in [9.17, 15) is 8.42 Å². The first kappa shape index (κ1) is 28.1. The Morgan fingerprint density at radius 2 is 1.30 bits per heavy atom. The second kappa shape index (κ2) is 17.0. The van der Waals surface area contributed by atoms with Crippen molar-refractivity contribution in [3.63, 3.8) is 0 Å². The van der Waals surface area contributed by atoms with Gasteiger partial charge in [-0.05, 0) is 25.5 Å². The fraction of sp³-hybridized carbons (Fsp3) is 0.714. The highest BCUT2D eigenvalue weighted by molar-refractivity contribution is 7.88. The molecule has 0 aliphatic carbocycles. The normalized spacial score (nSPS) is 14.0. The SMILES string of the molecule is CC.CCCC.CCCO.Cc1ccc(N2CCN(S(C)(=O)=O)CC2)cc1. The van der Waals surface area contributed by atoms with E-state index in [1.165, 1.54) is 34.7 Å². The summed E-state index contributed by atoms with van der Waals surface area (Å²) in [5.74, 6) is 0. The van der Waals surface area contributed by atoms with Gasteiger partial charge < -0.3 is 10.0 Å². The quantitative estimate of drug-likeness (QED) is 0.816. The lowest BCUT2D eigenvalue weighted by molar-refractivity contribution is 0.295. The van der Waals surface area contributed by atoms with E-state index in [1.807, 2.05) is 20.8 Å². The second-order valence-corrected chi connectivity index (χ2v) is 8.19. The van der Waals surface area contributed by atoms with Crippen LogP contribution < -0.4 is 4.90 Å². The number of unbranched alkanes of at least 4 members (excludes halogenated alkanes) is 1. The molecule has 1 aromatic rings. The Morgan fingerprint density at radius 3 is 1.59 bits per heavy atom. The molecule has 1 aliphatic rings. The minimum Gasteiger partial charge on any atom is -0.396 e. The van der Waals surface area contributed by atoms with E-state index in [1.54, 1.807) is 0 Å². The third-order valence-corrected chi connectivity index (χ3v) is 5.13. The van der Waals surface area contributed by atoms with Gasteiger partial charge >= 0.3 is 0 Å². The summed E-state index contributed by atoms with van der Waals surface area (Å²) in [7, 11) is -3.03. The molecule has 5 nitrogen and oxygen atoms in total. The van der Waals surface area contributed by atoms with Gasteiger partial charge in [-0.3, -0.25) is 0 Å². The van der Waals surface area contributed by atoms with Crippen LogP contribution in [0, 0.1) is 6.92 Å². The van der Waals surface area contributed by atoms with Crippen LogP contribution in [0.1, 0.15) is 59.4 Å². The van der Waals surface area contributed by atoms with E-state index in [2.05, 4.69) is 49.9 Å². The maximum Gasteiger partial charge on any atom is 0.211 e. The number of aliphatic hydroxyl groups is 1. The van der Waals surface area contributed by atoms with Crippen molar-refractivity contribution in [1.29, 1.82) is 0 Å². The van der Waals surface area contributed by atoms with Crippen LogP contribution in [-0.2, 0) is 10.0 Å². The first-order chi connectivity index (χ1) is 12.8. The zero-order valence-electron chi connectivity index (χ0n) is 18.5. The minimum atomic E-state index is -3.03. The van der Waals surface area contributed by atoms with E-state index < -0.39 is 10.0 Å². The summed E-state index contributed by atoms with van der Waals surface area (Å²) in [5.41, 5.74) is 2.41. The number of hydrogen-bond donors (Lipinski definition) is 1. The van der Waals surface area contributed by atoms with Crippen LogP contribution in [-0.4, -0.2) is 56.9 Å². The average molecular weight is 403 g/mol. The van der Waals surface area contributed by atoms with E-state index in [4.69, 9.17) is 5.11 Å².